The Morgan fingerprint density at radius 3 is 2.44 bits per heavy atom. The van der Waals surface area contributed by atoms with Gasteiger partial charge in [0.1, 0.15) is 5.82 Å². The van der Waals surface area contributed by atoms with Crippen molar-refractivity contribution in [2.24, 2.45) is 0 Å². The minimum absolute atomic E-state index is 0.155. The zero-order valence-corrected chi connectivity index (χ0v) is 17.2. The standard InChI is InChI=1S/C20H25FINO2/c1-23(11-4-5-16-14-17(21)7-8-18(16)22)12-10-15-6-9-19(24-2)20(13-15)25-3/h6-9,13-14H,4-5,10-12H2,1-3H3. The molecule has 136 valence electrons. The fourth-order valence-corrected chi connectivity index (χ4v) is 3.35. The second kappa shape index (κ2) is 9.97. The first-order valence-electron chi connectivity index (χ1n) is 8.37. The number of aryl methyl sites for hydroxylation is 1. The van der Waals surface area contributed by atoms with Crippen molar-refractivity contribution >= 4 is 22.6 Å². The summed E-state index contributed by atoms with van der Waals surface area (Å²) in [4.78, 5) is 2.31. The molecule has 0 aliphatic carbocycles. The van der Waals surface area contributed by atoms with Crippen LogP contribution in [0.25, 0.3) is 0 Å². The van der Waals surface area contributed by atoms with Crippen LogP contribution in [-0.2, 0) is 12.8 Å². The first kappa shape index (κ1) is 20.0. The SMILES string of the molecule is COc1ccc(CCN(C)CCCc2cc(F)ccc2I)cc1OC. The Labute approximate surface area is 163 Å². The van der Waals surface area contributed by atoms with Gasteiger partial charge in [-0.2, -0.15) is 0 Å². The molecule has 0 aliphatic rings. The van der Waals surface area contributed by atoms with Gasteiger partial charge in [0, 0.05) is 10.1 Å². The molecule has 0 aliphatic heterocycles. The summed E-state index contributed by atoms with van der Waals surface area (Å²) in [5, 5.41) is 0. The van der Waals surface area contributed by atoms with Gasteiger partial charge in [0.25, 0.3) is 0 Å². The lowest BCUT2D eigenvalue weighted by atomic mass is 10.1. The van der Waals surface area contributed by atoms with Gasteiger partial charge in [0.05, 0.1) is 14.2 Å². The van der Waals surface area contributed by atoms with Crippen LogP contribution in [0.2, 0.25) is 0 Å². The largest absolute Gasteiger partial charge is 0.493 e. The highest BCUT2D eigenvalue weighted by Crippen LogP contribution is 2.27. The van der Waals surface area contributed by atoms with E-state index in [9.17, 15) is 4.39 Å². The Kier molecular flexibility index (Phi) is 7.96. The molecule has 2 rings (SSSR count). The molecular formula is C20H25FINO2. The molecule has 0 atom stereocenters. The van der Waals surface area contributed by atoms with Crippen LogP contribution in [0.4, 0.5) is 4.39 Å². The van der Waals surface area contributed by atoms with Gasteiger partial charge in [0.15, 0.2) is 11.5 Å². The van der Waals surface area contributed by atoms with E-state index in [0.29, 0.717) is 0 Å². The fourth-order valence-electron chi connectivity index (χ4n) is 2.74. The van der Waals surface area contributed by atoms with Gasteiger partial charge in [-0.3, -0.25) is 0 Å². The molecule has 2 aromatic carbocycles. The first-order valence-corrected chi connectivity index (χ1v) is 9.44. The van der Waals surface area contributed by atoms with E-state index in [2.05, 4.69) is 40.6 Å². The van der Waals surface area contributed by atoms with Gasteiger partial charge >= 0.3 is 0 Å². The molecule has 0 amide bonds. The lowest BCUT2D eigenvalue weighted by Crippen LogP contribution is -2.23. The van der Waals surface area contributed by atoms with Crippen molar-refractivity contribution in [3.8, 4) is 11.5 Å². The zero-order chi connectivity index (χ0) is 18.2. The average Bonchev–Trinajstić information content (AvgIpc) is 2.62. The first-order chi connectivity index (χ1) is 12.0. The van der Waals surface area contributed by atoms with Gasteiger partial charge in [-0.15, -0.1) is 0 Å². The summed E-state index contributed by atoms with van der Waals surface area (Å²) < 4.78 is 25.1. The third kappa shape index (κ3) is 6.15. The second-order valence-electron chi connectivity index (χ2n) is 6.08. The molecule has 0 heterocycles. The number of hydrogen-bond donors (Lipinski definition) is 0. The van der Waals surface area contributed by atoms with E-state index in [0.717, 1.165) is 53.0 Å². The molecule has 2 aromatic rings. The molecule has 0 fully saturated rings. The van der Waals surface area contributed by atoms with E-state index in [4.69, 9.17) is 9.47 Å². The third-order valence-electron chi connectivity index (χ3n) is 4.22. The molecule has 0 saturated heterocycles. The van der Waals surface area contributed by atoms with Crippen molar-refractivity contribution in [2.75, 3.05) is 34.4 Å². The van der Waals surface area contributed by atoms with Crippen molar-refractivity contribution in [2.45, 2.75) is 19.3 Å². The molecule has 0 saturated carbocycles. The number of ether oxygens (including phenoxy) is 2. The molecular weight excluding hydrogens is 432 g/mol. The highest BCUT2D eigenvalue weighted by atomic mass is 127. The molecule has 5 heteroatoms. The zero-order valence-electron chi connectivity index (χ0n) is 15.0. The Hall–Kier alpha value is -1.34. The predicted octanol–water partition coefficient (Wildman–Crippen LogP) is 4.55. The number of benzene rings is 2. The molecule has 0 unspecified atom stereocenters. The van der Waals surface area contributed by atoms with Crippen LogP contribution < -0.4 is 9.47 Å². The van der Waals surface area contributed by atoms with Crippen molar-refractivity contribution in [1.29, 1.82) is 0 Å². The van der Waals surface area contributed by atoms with Crippen molar-refractivity contribution in [3.05, 3.63) is 56.9 Å². The molecule has 0 bridgehead atoms. The van der Waals surface area contributed by atoms with Gasteiger partial charge in [-0.25, -0.2) is 4.39 Å². The maximum absolute atomic E-state index is 13.3. The maximum Gasteiger partial charge on any atom is 0.160 e. The molecule has 0 aromatic heterocycles. The Morgan fingerprint density at radius 1 is 0.960 bits per heavy atom. The fraction of sp³-hybridized carbons (Fsp3) is 0.400. The minimum atomic E-state index is -0.155. The van der Waals surface area contributed by atoms with Crippen LogP contribution in [0.3, 0.4) is 0 Å². The van der Waals surface area contributed by atoms with Crippen molar-refractivity contribution in [1.82, 2.24) is 4.90 Å². The van der Waals surface area contributed by atoms with Gasteiger partial charge in [-0.1, -0.05) is 6.07 Å². The van der Waals surface area contributed by atoms with E-state index < -0.39 is 0 Å². The van der Waals surface area contributed by atoms with E-state index in [1.54, 1.807) is 20.3 Å². The minimum Gasteiger partial charge on any atom is -0.493 e. The maximum atomic E-state index is 13.3. The quantitative estimate of drug-likeness (QED) is 0.516. The Balaban J connectivity index is 1.79. The lowest BCUT2D eigenvalue weighted by molar-refractivity contribution is 0.332. The smallest absolute Gasteiger partial charge is 0.160 e. The average molecular weight is 457 g/mol. The highest BCUT2D eigenvalue weighted by Gasteiger charge is 2.07. The molecule has 0 spiro atoms. The number of methoxy groups -OCH3 is 2. The van der Waals surface area contributed by atoms with Crippen molar-refractivity contribution < 1.29 is 13.9 Å². The summed E-state index contributed by atoms with van der Waals surface area (Å²) in [5.74, 6) is 1.37. The van der Waals surface area contributed by atoms with Gasteiger partial charge < -0.3 is 14.4 Å². The summed E-state index contributed by atoms with van der Waals surface area (Å²) >= 11 is 2.27. The second-order valence-corrected chi connectivity index (χ2v) is 7.24. The molecule has 0 radical (unpaired) electrons. The number of hydrogen-bond acceptors (Lipinski definition) is 3. The summed E-state index contributed by atoms with van der Waals surface area (Å²) in [6.45, 7) is 1.95. The molecule has 25 heavy (non-hydrogen) atoms. The number of likely N-dealkylation sites (N-methyl/N-ethyl adjacent to an activating group) is 1. The van der Waals surface area contributed by atoms with Crippen LogP contribution in [0.5, 0.6) is 11.5 Å². The van der Waals surface area contributed by atoms with Crippen LogP contribution in [-0.4, -0.2) is 39.3 Å². The number of nitrogens with zero attached hydrogens (tertiary/aromatic N) is 1. The topological polar surface area (TPSA) is 21.7 Å². The van der Waals surface area contributed by atoms with Gasteiger partial charge in [0.2, 0.25) is 0 Å². The van der Waals surface area contributed by atoms with E-state index in [1.807, 2.05) is 18.2 Å². The molecule has 3 nitrogen and oxygen atoms in total. The summed E-state index contributed by atoms with van der Waals surface area (Å²) in [6.07, 6.45) is 2.87. The monoisotopic (exact) mass is 457 g/mol. The predicted molar refractivity (Wildman–Crippen MR) is 108 cm³/mol. The summed E-state index contributed by atoms with van der Waals surface area (Å²) in [7, 11) is 5.42. The summed E-state index contributed by atoms with van der Waals surface area (Å²) in [6, 6.07) is 11.0. The normalized spacial score (nSPS) is 11.0. The number of halogens is 2. The highest BCUT2D eigenvalue weighted by molar-refractivity contribution is 14.1. The van der Waals surface area contributed by atoms with Crippen LogP contribution in [0, 0.1) is 9.39 Å². The molecule has 0 N–H and O–H groups in total. The third-order valence-corrected chi connectivity index (χ3v) is 5.28. The van der Waals surface area contributed by atoms with Crippen molar-refractivity contribution in [3.63, 3.8) is 0 Å². The van der Waals surface area contributed by atoms with Crippen LogP contribution in [0.15, 0.2) is 36.4 Å². The van der Waals surface area contributed by atoms with E-state index >= 15 is 0 Å². The summed E-state index contributed by atoms with van der Waals surface area (Å²) in [5.41, 5.74) is 2.32. The Morgan fingerprint density at radius 2 is 1.72 bits per heavy atom. The van der Waals surface area contributed by atoms with E-state index in [1.165, 1.54) is 11.6 Å². The van der Waals surface area contributed by atoms with Crippen LogP contribution in [0.1, 0.15) is 17.5 Å². The Bertz CT molecular complexity index is 693. The lowest BCUT2D eigenvalue weighted by Gasteiger charge is -2.17. The van der Waals surface area contributed by atoms with Crippen LogP contribution >= 0.6 is 22.6 Å². The number of rotatable bonds is 9. The van der Waals surface area contributed by atoms with Gasteiger partial charge in [-0.05, 0) is 96.9 Å². The van der Waals surface area contributed by atoms with E-state index in [-0.39, 0.29) is 5.82 Å².